The Hall–Kier alpha value is 0.524. The molecule has 0 N–H and O–H groups in total. The van der Waals surface area contributed by atoms with Gasteiger partial charge in [0.15, 0.2) is 0 Å². The van der Waals surface area contributed by atoms with Crippen molar-refractivity contribution in [1.82, 2.24) is 0 Å². The third kappa shape index (κ3) is 6.58. The average Bonchev–Trinajstić information content (AvgIpc) is 2.02. The van der Waals surface area contributed by atoms with Crippen molar-refractivity contribution in [3.8, 4) is 0 Å². The number of halogens is 3. The van der Waals surface area contributed by atoms with E-state index in [9.17, 15) is 0 Å². The SMILES string of the molecule is Cl[Si](Cl)(Cl)CCc1ccccc1.[SiH4]. The highest BCUT2D eigenvalue weighted by Gasteiger charge is 2.23. The predicted molar refractivity (Wildman–Crippen MR) is 69.6 cm³/mol. The van der Waals surface area contributed by atoms with Crippen LogP contribution in [0.1, 0.15) is 5.56 Å². The summed E-state index contributed by atoms with van der Waals surface area (Å²) >= 11 is 17.3. The lowest BCUT2D eigenvalue weighted by Crippen LogP contribution is -2.09. The fourth-order valence-electron chi connectivity index (χ4n) is 0.931. The summed E-state index contributed by atoms with van der Waals surface area (Å²) in [4.78, 5) is 0. The molecule has 1 rings (SSSR count). The van der Waals surface area contributed by atoms with Crippen molar-refractivity contribution in [1.29, 1.82) is 0 Å². The van der Waals surface area contributed by atoms with E-state index in [1.165, 1.54) is 5.56 Å². The van der Waals surface area contributed by atoms with Gasteiger partial charge in [0.05, 0.1) is 0 Å². The van der Waals surface area contributed by atoms with Crippen molar-refractivity contribution in [3.05, 3.63) is 35.9 Å². The Morgan fingerprint density at radius 3 is 2.00 bits per heavy atom. The van der Waals surface area contributed by atoms with Gasteiger partial charge in [0, 0.05) is 0 Å². The van der Waals surface area contributed by atoms with Crippen LogP contribution in [-0.2, 0) is 6.42 Å². The summed E-state index contributed by atoms with van der Waals surface area (Å²) in [5.74, 6) is 0. The van der Waals surface area contributed by atoms with Crippen LogP contribution in [-0.4, -0.2) is 17.0 Å². The second kappa shape index (κ2) is 6.09. The van der Waals surface area contributed by atoms with Crippen LogP contribution in [0.25, 0.3) is 0 Å². The number of hydrogen-bond donors (Lipinski definition) is 0. The first-order valence-corrected chi connectivity index (χ1v) is 8.93. The summed E-state index contributed by atoms with van der Waals surface area (Å²) in [6.07, 6.45) is 0.865. The van der Waals surface area contributed by atoms with E-state index in [2.05, 4.69) is 0 Å². The fraction of sp³-hybridized carbons (Fsp3) is 0.250. The van der Waals surface area contributed by atoms with Crippen LogP contribution in [0.5, 0.6) is 0 Å². The Morgan fingerprint density at radius 2 is 1.54 bits per heavy atom. The smallest absolute Gasteiger partial charge is 0.126 e. The maximum atomic E-state index is 5.75. The molecule has 0 nitrogen and oxygen atoms in total. The average molecular weight is 272 g/mol. The van der Waals surface area contributed by atoms with Gasteiger partial charge in [-0.25, -0.2) is 0 Å². The second-order valence-electron chi connectivity index (χ2n) is 2.60. The number of benzene rings is 1. The number of rotatable bonds is 3. The maximum absolute atomic E-state index is 5.75. The molecule has 0 aromatic heterocycles. The Morgan fingerprint density at radius 1 is 1.00 bits per heavy atom. The molecule has 0 radical (unpaired) electrons. The summed E-state index contributed by atoms with van der Waals surface area (Å²) in [6, 6.07) is 8.34. The van der Waals surface area contributed by atoms with Crippen LogP contribution in [0.2, 0.25) is 6.04 Å². The van der Waals surface area contributed by atoms with E-state index in [-0.39, 0.29) is 11.0 Å². The molecule has 0 saturated heterocycles. The summed E-state index contributed by atoms with van der Waals surface area (Å²) in [5.41, 5.74) is 1.23. The van der Waals surface area contributed by atoms with Gasteiger partial charge in [0.1, 0.15) is 0 Å². The predicted octanol–water partition coefficient (Wildman–Crippen LogP) is 2.43. The van der Waals surface area contributed by atoms with Crippen molar-refractivity contribution in [3.63, 3.8) is 0 Å². The lowest BCUT2D eigenvalue weighted by molar-refractivity contribution is 1.12. The first-order valence-electron chi connectivity index (χ1n) is 3.68. The molecule has 0 bridgehead atoms. The van der Waals surface area contributed by atoms with Gasteiger partial charge in [0.2, 0.25) is 0 Å². The fourth-order valence-corrected chi connectivity index (χ4v) is 2.35. The highest BCUT2D eigenvalue weighted by Crippen LogP contribution is 2.26. The zero-order valence-electron chi connectivity index (χ0n) is 6.43. The monoisotopic (exact) mass is 270 g/mol. The highest BCUT2D eigenvalue weighted by atomic mass is 35.8. The molecule has 74 valence electrons. The zero-order valence-corrected chi connectivity index (χ0v) is 9.70. The topological polar surface area (TPSA) is 0 Å². The summed E-state index contributed by atoms with van der Waals surface area (Å²) in [7, 11) is 0. The van der Waals surface area contributed by atoms with Crippen LogP contribution in [0.3, 0.4) is 0 Å². The molecule has 0 aliphatic heterocycles. The minimum absolute atomic E-state index is 0. The van der Waals surface area contributed by atoms with E-state index in [4.69, 9.17) is 33.2 Å². The van der Waals surface area contributed by atoms with Crippen LogP contribution in [0.15, 0.2) is 30.3 Å². The molecule has 0 fully saturated rings. The minimum atomic E-state index is -2.42. The van der Waals surface area contributed by atoms with Crippen molar-refractivity contribution < 1.29 is 0 Å². The molecule has 0 heterocycles. The van der Waals surface area contributed by atoms with Crippen molar-refractivity contribution in [2.24, 2.45) is 0 Å². The van der Waals surface area contributed by atoms with Crippen molar-refractivity contribution in [2.45, 2.75) is 12.5 Å². The summed E-state index contributed by atoms with van der Waals surface area (Å²) in [6.45, 7) is 0. The van der Waals surface area contributed by atoms with E-state index < -0.39 is 6.00 Å². The molecular weight excluding hydrogens is 259 g/mol. The van der Waals surface area contributed by atoms with Gasteiger partial charge in [-0.2, -0.15) is 0 Å². The third-order valence-electron chi connectivity index (χ3n) is 1.54. The molecule has 13 heavy (non-hydrogen) atoms. The number of aryl methyl sites for hydroxylation is 1. The molecule has 1 aromatic rings. The Kier molecular flexibility index (Phi) is 6.34. The van der Waals surface area contributed by atoms with Gasteiger partial charge in [-0.3, -0.25) is 0 Å². The molecule has 1 aromatic carbocycles. The molecule has 0 aliphatic carbocycles. The molecule has 0 spiro atoms. The van der Waals surface area contributed by atoms with E-state index in [1.807, 2.05) is 30.3 Å². The van der Waals surface area contributed by atoms with Crippen LogP contribution in [0.4, 0.5) is 0 Å². The Bertz CT molecular complexity index is 233. The molecule has 5 heteroatoms. The molecule has 0 amide bonds. The van der Waals surface area contributed by atoms with Crippen LogP contribution >= 0.6 is 33.2 Å². The van der Waals surface area contributed by atoms with Gasteiger partial charge in [-0.05, 0) is 29.0 Å². The Labute approximate surface area is 98.3 Å². The summed E-state index contributed by atoms with van der Waals surface area (Å²) < 4.78 is 0. The molecule has 0 aliphatic rings. The van der Waals surface area contributed by atoms with Gasteiger partial charge in [-0.15, -0.1) is 33.2 Å². The summed E-state index contributed by atoms with van der Waals surface area (Å²) in [5, 5.41) is 0. The highest BCUT2D eigenvalue weighted by molar-refractivity contribution is 7.64. The molecular formula is C8H13Cl3Si2. The van der Waals surface area contributed by atoms with Crippen molar-refractivity contribution in [2.75, 3.05) is 0 Å². The lowest BCUT2D eigenvalue weighted by Gasteiger charge is -2.06. The van der Waals surface area contributed by atoms with E-state index >= 15 is 0 Å². The van der Waals surface area contributed by atoms with Gasteiger partial charge in [-0.1, -0.05) is 30.3 Å². The van der Waals surface area contributed by atoms with Crippen molar-refractivity contribution >= 4 is 50.2 Å². The molecule has 0 saturated carbocycles. The van der Waals surface area contributed by atoms with Crippen LogP contribution in [0, 0.1) is 0 Å². The standard InChI is InChI=1S/C8H9Cl3Si.H4Si/c9-12(10,11)7-6-8-4-2-1-3-5-8;/h1-5H,6-7H2;1H4. The maximum Gasteiger partial charge on any atom is 0.341 e. The molecule has 0 unspecified atom stereocenters. The van der Waals surface area contributed by atoms with Crippen LogP contribution < -0.4 is 0 Å². The van der Waals surface area contributed by atoms with E-state index in [0.29, 0.717) is 6.04 Å². The number of hydrogen-bond acceptors (Lipinski definition) is 0. The normalized spacial score (nSPS) is 10.7. The third-order valence-corrected chi connectivity index (χ3v) is 4.06. The Balaban J connectivity index is 0.00000144. The quantitative estimate of drug-likeness (QED) is 0.585. The van der Waals surface area contributed by atoms with E-state index in [0.717, 1.165) is 6.42 Å². The van der Waals surface area contributed by atoms with E-state index in [1.54, 1.807) is 0 Å². The van der Waals surface area contributed by atoms with Gasteiger partial charge in [0.25, 0.3) is 0 Å². The first kappa shape index (κ1) is 13.5. The zero-order chi connectivity index (χ0) is 9.03. The van der Waals surface area contributed by atoms with Gasteiger partial charge < -0.3 is 0 Å². The second-order valence-corrected chi connectivity index (χ2v) is 11.9. The lowest BCUT2D eigenvalue weighted by atomic mass is 10.2. The molecule has 0 atom stereocenters. The first-order chi connectivity index (χ1) is 5.58. The minimum Gasteiger partial charge on any atom is -0.126 e. The van der Waals surface area contributed by atoms with Gasteiger partial charge >= 0.3 is 6.00 Å². The largest absolute Gasteiger partial charge is 0.341 e.